The molecule has 0 unspecified atom stereocenters. The van der Waals surface area contributed by atoms with E-state index in [1.54, 1.807) is 12.4 Å². The summed E-state index contributed by atoms with van der Waals surface area (Å²) in [6, 6.07) is 12.5. The molecule has 3 aromatic rings. The molecule has 2 aromatic heterocycles. The Labute approximate surface area is 118 Å². The molecule has 0 saturated heterocycles. The Morgan fingerprint density at radius 2 is 1.20 bits per heavy atom. The Kier molecular flexibility index (Phi) is 3.25. The van der Waals surface area contributed by atoms with Gasteiger partial charge < -0.3 is 0 Å². The topological polar surface area (TPSA) is 38.7 Å². The van der Waals surface area contributed by atoms with Gasteiger partial charge in [0.1, 0.15) is 5.82 Å². The van der Waals surface area contributed by atoms with Gasteiger partial charge in [0.2, 0.25) is 0 Å². The van der Waals surface area contributed by atoms with Gasteiger partial charge in [-0.05, 0) is 25.5 Å². The number of pyridine rings is 1. The predicted octanol–water partition coefficient (Wildman–Crippen LogP) is 3.82. The van der Waals surface area contributed by atoms with Crippen molar-refractivity contribution in [2.45, 2.75) is 13.8 Å². The molecule has 0 N–H and O–H groups in total. The van der Waals surface area contributed by atoms with Crippen LogP contribution >= 0.6 is 0 Å². The SMILES string of the molecule is Cc1ccc(-c2ccc(-c3cnc(C)nc3)nc2)cc1. The van der Waals surface area contributed by atoms with E-state index in [1.165, 1.54) is 11.1 Å². The van der Waals surface area contributed by atoms with E-state index in [0.717, 1.165) is 22.6 Å². The van der Waals surface area contributed by atoms with E-state index in [2.05, 4.69) is 52.2 Å². The number of hydrogen-bond acceptors (Lipinski definition) is 3. The van der Waals surface area contributed by atoms with Crippen molar-refractivity contribution in [2.24, 2.45) is 0 Å². The monoisotopic (exact) mass is 261 g/mol. The molecule has 0 amide bonds. The minimum absolute atomic E-state index is 0.769. The van der Waals surface area contributed by atoms with Crippen LogP contribution in [0.2, 0.25) is 0 Å². The molecule has 0 aliphatic carbocycles. The Balaban J connectivity index is 1.91. The van der Waals surface area contributed by atoms with Crippen LogP contribution in [0.4, 0.5) is 0 Å². The van der Waals surface area contributed by atoms with Crippen LogP contribution in [0.1, 0.15) is 11.4 Å². The minimum atomic E-state index is 0.769. The maximum Gasteiger partial charge on any atom is 0.125 e. The normalized spacial score (nSPS) is 10.5. The molecule has 0 saturated carbocycles. The second kappa shape index (κ2) is 5.21. The average molecular weight is 261 g/mol. The Hall–Kier alpha value is -2.55. The maximum atomic E-state index is 4.50. The van der Waals surface area contributed by atoms with E-state index in [4.69, 9.17) is 0 Å². The van der Waals surface area contributed by atoms with Crippen LogP contribution in [-0.4, -0.2) is 15.0 Å². The molecule has 0 aliphatic heterocycles. The lowest BCUT2D eigenvalue weighted by molar-refractivity contribution is 1.05. The third-order valence-electron chi connectivity index (χ3n) is 3.23. The fourth-order valence-corrected chi connectivity index (χ4v) is 2.01. The van der Waals surface area contributed by atoms with E-state index in [-0.39, 0.29) is 0 Å². The van der Waals surface area contributed by atoms with Crippen molar-refractivity contribution in [3.8, 4) is 22.4 Å². The van der Waals surface area contributed by atoms with Gasteiger partial charge in [0.05, 0.1) is 5.69 Å². The highest BCUT2D eigenvalue weighted by atomic mass is 14.9. The quantitative estimate of drug-likeness (QED) is 0.704. The lowest BCUT2D eigenvalue weighted by Crippen LogP contribution is -1.90. The van der Waals surface area contributed by atoms with E-state index in [9.17, 15) is 0 Å². The molecule has 0 bridgehead atoms. The fraction of sp³-hybridized carbons (Fsp3) is 0.118. The smallest absolute Gasteiger partial charge is 0.125 e. The van der Waals surface area contributed by atoms with Crippen molar-refractivity contribution in [3.63, 3.8) is 0 Å². The minimum Gasteiger partial charge on any atom is -0.255 e. The molecule has 0 fully saturated rings. The second-order valence-electron chi connectivity index (χ2n) is 4.82. The number of hydrogen-bond donors (Lipinski definition) is 0. The molecule has 0 radical (unpaired) electrons. The van der Waals surface area contributed by atoms with Crippen LogP contribution in [0.25, 0.3) is 22.4 Å². The summed E-state index contributed by atoms with van der Waals surface area (Å²) in [4.78, 5) is 12.9. The molecule has 3 rings (SSSR count). The number of benzene rings is 1. The number of rotatable bonds is 2. The molecule has 0 aliphatic rings. The number of nitrogens with zero attached hydrogens (tertiary/aromatic N) is 3. The van der Waals surface area contributed by atoms with Crippen molar-refractivity contribution < 1.29 is 0 Å². The van der Waals surface area contributed by atoms with Crippen molar-refractivity contribution >= 4 is 0 Å². The van der Waals surface area contributed by atoms with Gasteiger partial charge in [-0.25, -0.2) is 9.97 Å². The third-order valence-corrected chi connectivity index (χ3v) is 3.23. The van der Waals surface area contributed by atoms with Crippen LogP contribution in [0.3, 0.4) is 0 Å². The standard InChI is InChI=1S/C17H15N3/c1-12-3-5-14(6-4-12)15-7-8-17(20-9-15)16-10-18-13(2)19-11-16/h3-11H,1-2H3. The highest BCUT2D eigenvalue weighted by Gasteiger charge is 2.02. The van der Waals surface area contributed by atoms with E-state index in [0.29, 0.717) is 0 Å². The summed E-state index contributed by atoms with van der Waals surface area (Å²) >= 11 is 0. The van der Waals surface area contributed by atoms with Crippen molar-refractivity contribution in [1.82, 2.24) is 15.0 Å². The summed E-state index contributed by atoms with van der Waals surface area (Å²) in [5.41, 5.74) is 5.37. The summed E-state index contributed by atoms with van der Waals surface area (Å²) in [6.45, 7) is 3.96. The predicted molar refractivity (Wildman–Crippen MR) is 80.2 cm³/mol. The fourth-order valence-electron chi connectivity index (χ4n) is 2.01. The summed E-state index contributed by atoms with van der Waals surface area (Å²) in [7, 11) is 0. The van der Waals surface area contributed by atoms with Crippen LogP contribution in [0.15, 0.2) is 55.0 Å². The Morgan fingerprint density at radius 1 is 0.600 bits per heavy atom. The molecule has 0 atom stereocenters. The first-order valence-electron chi connectivity index (χ1n) is 6.54. The summed E-state index contributed by atoms with van der Waals surface area (Å²) in [6.07, 6.45) is 5.49. The van der Waals surface area contributed by atoms with Crippen molar-refractivity contribution in [3.05, 3.63) is 66.4 Å². The second-order valence-corrected chi connectivity index (χ2v) is 4.82. The van der Waals surface area contributed by atoms with E-state index >= 15 is 0 Å². The summed E-state index contributed by atoms with van der Waals surface area (Å²) < 4.78 is 0. The Bertz CT molecular complexity index is 634. The molecule has 98 valence electrons. The van der Waals surface area contributed by atoms with Crippen molar-refractivity contribution in [2.75, 3.05) is 0 Å². The number of aryl methyl sites for hydroxylation is 2. The zero-order valence-corrected chi connectivity index (χ0v) is 11.5. The largest absolute Gasteiger partial charge is 0.255 e. The molecule has 3 heteroatoms. The molecule has 20 heavy (non-hydrogen) atoms. The highest BCUT2D eigenvalue weighted by Crippen LogP contribution is 2.22. The lowest BCUT2D eigenvalue weighted by atomic mass is 10.1. The van der Waals surface area contributed by atoms with Crippen LogP contribution in [0.5, 0.6) is 0 Å². The van der Waals surface area contributed by atoms with E-state index < -0.39 is 0 Å². The first-order chi connectivity index (χ1) is 9.72. The average Bonchev–Trinajstić information content (AvgIpc) is 2.49. The van der Waals surface area contributed by atoms with Gasteiger partial charge in [-0.1, -0.05) is 35.9 Å². The molecular formula is C17H15N3. The van der Waals surface area contributed by atoms with Gasteiger partial charge in [-0.2, -0.15) is 0 Å². The van der Waals surface area contributed by atoms with Gasteiger partial charge in [0.15, 0.2) is 0 Å². The maximum absolute atomic E-state index is 4.50. The molecule has 0 spiro atoms. The summed E-state index contributed by atoms with van der Waals surface area (Å²) in [5.74, 6) is 0.769. The molecule has 1 aromatic carbocycles. The van der Waals surface area contributed by atoms with Crippen LogP contribution < -0.4 is 0 Å². The third kappa shape index (κ3) is 2.57. The lowest BCUT2D eigenvalue weighted by Gasteiger charge is -2.04. The van der Waals surface area contributed by atoms with Gasteiger partial charge in [0, 0.05) is 29.7 Å². The van der Waals surface area contributed by atoms with Crippen LogP contribution in [0, 0.1) is 13.8 Å². The summed E-state index contributed by atoms with van der Waals surface area (Å²) in [5, 5.41) is 0. The number of aromatic nitrogens is 3. The van der Waals surface area contributed by atoms with Gasteiger partial charge in [0.25, 0.3) is 0 Å². The first kappa shape index (κ1) is 12.5. The van der Waals surface area contributed by atoms with Gasteiger partial charge >= 0.3 is 0 Å². The van der Waals surface area contributed by atoms with Crippen LogP contribution in [-0.2, 0) is 0 Å². The van der Waals surface area contributed by atoms with E-state index in [1.807, 2.05) is 19.2 Å². The molecule has 3 nitrogen and oxygen atoms in total. The zero-order chi connectivity index (χ0) is 13.9. The van der Waals surface area contributed by atoms with Gasteiger partial charge in [-0.15, -0.1) is 0 Å². The molecule has 2 heterocycles. The van der Waals surface area contributed by atoms with Crippen molar-refractivity contribution in [1.29, 1.82) is 0 Å². The zero-order valence-electron chi connectivity index (χ0n) is 11.5. The first-order valence-corrected chi connectivity index (χ1v) is 6.54. The Morgan fingerprint density at radius 3 is 1.80 bits per heavy atom. The van der Waals surface area contributed by atoms with Gasteiger partial charge in [-0.3, -0.25) is 4.98 Å². The molecular weight excluding hydrogens is 246 g/mol. The highest BCUT2D eigenvalue weighted by molar-refractivity contribution is 5.66.